The average Bonchev–Trinajstić information content (AvgIpc) is 2.65. The summed E-state index contributed by atoms with van der Waals surface area (Å²) in [5.41, 5.74) is 0. The summed E-state index contributed by atoms with van der Waals surface area (Å²) in [5.74, 6) is 1.67. The highest BCUT2D eigenvalue weighted by Crippen LogP contribution is 2.23. The molecule has 5 nitrogen and oxygen atoms in total. The molecule has 0 amide bonds. The average molecular weight is 274 g/mol. The molecule has 0 bridgehead atoms. The van der Waals surface area contributed by atoms with Gasteiger partial charge in [0.2, 0.25) is 5.95 Å². The fourth-order valence-electron chi connectivity index (χ4n) is 2.13. The first-order chi connectivity index (χ1) is 7.31. The number of halogens is 1. The van der Waals surface area contributed by atoms with Crippen LogP contribution in [-0.2, 0) is 7.05 Å². The fraction of sp³-hybridized carbons (Fsp3) is 0.889. The van der Waals surface area contributed by atoms with Gasteiger partial charge in [0, 0.05) is 25.5 Å². The summed E-state index contributed by atoms with van der Waals surface area (Å²) in [6.45, 7) is 2.16. The minimum Gasteiger partial charge on any atom is -0.339 e. The third-order valence-electron chi connectivity index (χ3n) is 2.92. The van der Waals surface area contributed by atoms with Crippen molar-refractivity contribution in [1.29, 1.82) is 0 Å². The first kappa shape index (κ1) is 10.9. The molecule has 15 heavy (non-hydrogen) atoms. The standard InChI is InChI=1S/C9H16BrN5/c1-14-9(11-12-13-14)15-6-2-3-8(7-15)4-5-10/h8H,2-7H2,1H3. The predicted octanol–water partition coefficient (Wildman–Crippen LogP) is 1.21. The Morgan fingerprint density at radius 2 is 2.40 bits per heavy atom. The van der Waals surface area contributed by atoms with Crippen molar-refractivity contribution in [3.63, 3.8) is 0 Å². The molecular formula is C9H16BrN5. The predicted molar refractivity (Wildman–Crippen MR) is 62.1 cm³/mol. The van der Waals surface area contributed by atoms with Crippen LogP contribution in [0.25, 0.3) is 0 Å². The summed E-state index contributed by atoms with van der Waals surface area (Å²) >= 11 is 3.50. The lowest BCUT2D eigenvalue weighted by atomic mass is 9.96. The van der Waals surface area contributed by atoms with Crippen LogP contribution in [0, 0.1) is 5.92 Å². The molecule has 1 unspecified atom stereocenters. The van der Waals surface area contributed by atoms with Crippen molar-refractivity contribution >= 4 is 21.9 Å². The van der Waals surface area contributed by atoms with Crippen molar-refractivity contribution in [2.24, 2.45) is 13.0 Å². The molecule has 1 aromatic rings. The minimum absolute atomic E-state index is 0.773. The van der Waals surface area contributed by atoms with E-state index < -0.39 is 0 Å². The number of alkyl halides is 1. The Kier molecular flexibility index (Phi) is 3.56. The summed E-state index contributed by atoms with van der Waals surface area (Å²) < 4.78 is 1.75. The van der Waals surface area contributed by atoms with Gasteiger partial charge in [-0.2, -0.15) is 0 Å². The van der Waals surface area contributed by atoms with Gasteiger partial charge >= 0.3 is 0 Å². The van der Waals surface area contributed by atoms with Crippen LogP contribution in [0.15, 0.2) is 0 Å². The van der Waals surface area contributed by atoms with E-state index in [-0.39, 0.29) is 0 Å². The van der Waals surface area contributed by atoms with Gasteiger partial charge in [-0.15, -0.1) is 0 Å². The van der Waals surface area contributed by atoms with Crippen molar-refractivity contribution in [3.05, 3.63) is 0 Å². The number of piperidine rings is 1. The van der Waals surface area contributed by atoms with E-state index in [1.54, 1.807) is 4.68 Å². The highest BCUT2D eigenvalue weighted by molar-refractivity contribution is 9.09. The van der Waals surface area contributed by atoms with Gasteiger partial charge in [-0.05, 0) is 35.6 Å². The van der Waals surface area contributed by atoms with E-state index >= 15 is 0 Å². The molecule has 0 saturated carbocycles. The summed E-state index contributed by atoms with van der Waals surface area (Å²) in [5, 5.41) is 12.7. The molecule has 0 aromatic carbocycles. The molecule has 0 radical (unpaired) electrons. The van der Waals surface area contributed by atoms with E-state index in [2.05, 4.69) is 36.4 Å². The van der Waals surface area contributed by atoms with Crippen molar-refractivity contribution in [2.45, 2.75) is 19.3 Å². The first-order valence-corrected chi connectivity index (χ1v) is 6.46. The van der Waals surface area contributed by atoms with Crippen molar-refractivity contribution in [2.75, 3.05) is 23.3 Å². The normalized spacial score (nSPS) is 22.0. The zero-order chi connectivity index (χ0) is 10.7. The molecule has 1 saturated heterocycles. The van der Waals surface area contributed by atoms with Gasteiger partial charge in [0.05, 0.1) is 0 Å². The largest absolute Gasteiger partial charge is 0.339 e. The van der Waals surface area contributed by atoms with E-state index in [0.717, 1.165) is 30.3 Å². The molecule has 0 N–H and O–H groups in total. The smallest absolute Gasteiger partial charge is 0.245 e. The molecule has 84 valence electrons. The Labute approximate surface area is 98.0 Å². The Balaban J connectivity index is 2.01. The Hall–Kier alpha value is -0.650. The molecule has 2 heterocycles. The number of anilines is 1. The van der Waals surface area contributed by atoms with Crippen molar-refractivity contribution < 1.29 is 0 Å². The van der Waals surface area contributed by atoms with Crippen LogP contribution < -0.4 is 4.90 Å². The Morgan fingerprint density at radius 1 is 1.53 bits per heavy atom. The number of rotatable bonds is 3. The maximum absolute atomic E-state index is 4.05. The summed E-state index contributed by atoms with van der Waals surface area (Å²) in [7, 11) is 1.89. The Morgan fingerprint density at radius 3 is 3.07 bits per heavy atom. The molecule has 1 atom stereocenters. The molecular weight excluding hydrogens is 258 g/mol. The molecule has 2 rings (SSSR count). The third-order valence-corrected chi connectivity index (χ3v) is 3.37. The molecule has 1 aliphatic heterocycles. The van der Waals surface area contributed by atoms with Crippen LogP contribution in [0.4, 0.5) is 5.95 Å². The van der Waals surface area contributed by atoms with Crippen LogP contribution in [0.2, 0.25) is 0 Å². The second-order valence-corrected chi connectivity index (χ2v) is 4.83. The molecule has 1 fully saturated rings. The van der Waals surface area contributed by atoms with E-state index in [4.69, 9.17) is 0 Å². The summed E-state index contributed by atoms with van der Waals surface area (Å²) in [6, 6.07) is 0. The molecule has 6 heteroatoms. The number of tetrazole rings is 1. The number of hydrogen-bond acceptors (Lipinski definition) is 4. The maximum atomic E-state index is 4.05. The fourth-order valence-corrected chi connectivity index (χ4v) is 2.78. The van der Waals surface area contributed by atoms with Gasteiger partial charge in [0.15, 0.2) is 0 Å². The van der Waals surface area contributed by atoms with Gasteiger partial charge in [-0.1, -0.05) is 21.0 Å². The van der Waals surface area contributed by atoms with Crippen LogP contribution >= 0.6 is 15.9 Å². The minimum atomic E-state index is 0.773. The maximum Gasteiger partial charge on any atom is 0.245 e. The molecule has 1 aliphatic rings. The molecule has 1 aromatic heterocycles. The van der Waals surface area contributed by atoms with Gasteiger partial charge in [-0.3, -0.25) is 0 Å². The van der Waals surface area contributed by atoms with E-state index in [0.29, 0.717) is 0 Å². The lowest BCUT2D eigenvalue weighted by molar-refractivity contribution is 0.401. The van der Waals surface area contributed by atoms with Crippen molar-refractivity contribution in [1.82, 2.24) is 20.2 Å². The lowest BCUT2D eigenvalue weighted by Gasteiger charge is -2.32. The van der Waals surface area contributed by atoms with E-state index in [9.17, 15) is 0 Å². The highest BCUT2D eigenvalue weighted by atomic mass is 79.9. The highest BCUT2D eigenvalue weighted by Gasteiger charge is 2.22. The van der Waals surface area contributed by atoms with Crippen molar-refractivity contribution in [3.8, 4) is 0 Å². The Bertz CT molecular complexity index is 311. The number of aryl methyl sites for hydroxylation is 1. The second-order valence-electron chi connectivity index (χ2n) is 4.03. The van der Waals surface area contributed by atoms with Crippen LogP contribution in [0.3, 0.4) is 0 Å². The topological polar surface area (TPSA) is 46.8 Å². The quantitative estimate of drug-likeness (QED) is 0.777. The zero-order valence-corrected chi connectivity index (χ0v) is 10.5. The molecule has 0 aliphatic carbocycles. The summed E-state index contributed by atoms with van der Waals surface area (Å²) in [4.78, 5) is 2.29. The van der Waals surface area contributed by atoms with Crippen LogP contribution in [-0.4, -0.2) is 38.6 Å². The number of nitrogens with zero attached hydrogens (tertiary/aromatic N) is 5. The van der Waals surface area contributed by atoms with Gasteiger partial charge < -0.3 is 4.90 Å². The van der Waals surface area contributed by atoms with Crippen LogP contribution in [0.5, 0.6) is 0 Å². The van der Waals surface area contributed by atoms with E-state index in [1.165, 1.54) is 19.3 Å². The first-order valence-electron chi connectivity index (χ1n) is 5.34. The van der Waals surface area contributed by atoms with Gasteiger partial charge in [0.25, 0.3) is 0 Å². The number of hydrogen-bond donors (Lipinski definition) is 0. The monoisotopic (exact) mass is 273 g/mol. The van der Waals surface area contributed by atoms with Gasteiger partial charge in [-0.25, -0.2) is 4.68 Å². The molecule has 0 spiro atoms. The number of aromatic nitrogens is 4. The SMILES string of the molecule is Cn1nnnc1N1CCCC(CCBr)C1. The summed E-state index contributed by atoms with van der Waals surface area (Å²) in [6.07, 6.45) is 3.81. The zero-order valence-electron chi connectivity index (χ0n) is 8.93. The van der Waals surface area contributed by atoms with E-state index in [1.807, 2.05) is 7.05 Å². The lowest BCUT2D eigenvalue weighted by Crippen LogP contribution is -2.37. The van der Waals surface area contributed by atoms with Crippen LogP contribution in [0.1, 0.15) is 19.3 Å². The second kappa shape index (κ2) is 4.92. The van der Waals surface area contributed by atoms with Gasteiger partial charge in [0.1, 0.15) is 0 Å². The third kappa shape index (κ3) is 2.48.